The predicted molar refractivity (Wildman–Crippen MR) is 112 cm³/mol. The largest absolute Gasteiger partial charge is 0.482 e. The molecule has 158 valence electrons. The molecule has 1 saturated heterocycles. The van der Waals surface area contributed by atoms with Gasteiger partial charge in [0.1, 0.15) is 23.2 Å². The molecule has 0 N–H and O–H groups in total. The smallest absolute Gasteiger partial charge is 0.274 e. The summed E-state index contributed by atoms with van der Waals surface area (Å²) >= 11 is 13.0. The van der Waals surface area contributed by atoms with Gasteiger partial charge in [-0.15, -0.1) is 0 Å². The fourth-order valence-electron chi connectivity index (χ4n) is 3.18. The van der Waals surface area contributed by atoms with Crippen molar-refractivity contribution in [3.8, 4) is 10.9 Å². The molecule has 2 heterocycles. The van der Waals surface area contributed by atoms with Crippen LogP contribution >= 0.6 is 34.5 Å². The quantitative estimate of drug-likeness (QED) is 0.503. The molecule has 0 aliphatic carbocycles. The van der Waals surface area contributed by atoms with Crippen molar-refractivity contribution in [3.05, 3.63) is 52.0 Å². The first kappa shape index (κ1) is 21.1. The van der Waals surface area contributed by atoms with Crippen LogP contribution in [-0.2, 0) is 4.79 Å². The average Bonchev–Trinajstić information content (AvgIpc) is 3.10. The van der Waals surface area contributed by atoms with Crippen molar-refractivity contribution in [1.82, 2.24) is 9.88 Å². The zero-order valence-corrected chi connectivity index (χ0v) is 17.9. The zero-order valence-electron chi connectivity index (χ0n) is 15.5. The number of halogens is 4. The third-order valence-electron chi connectivity index (χ3n) is 4.70. The monoisotopic (exact) mass is 472 g/mol. The molecule has 0 radical (unpaired) electrons. The number of amides is 1. The maximum absolute atomic E-state index is 13.8. The lowest BCUT2D eigenvalue weighted by molar-refractivity contribution is -0.135. The summed E-state index contributed by atoms with van der Waals surface area (Å²) in [7, 11) is 0. The molecule has 10 heteroatoms. The number of carbonyl (C=O) groups is 1. The minimum atomic E-state index is -0.711. The third-order valence-corrected chi connectivity index (χ3v) is 6.12. The Morgan fingerprint density at radius 2 is 1.97 bits per heavy atom. The summed E-state index contributed by atoms with van der Waals surface area (Å²) in [5.41, 5.74) is 0.0991. The van der Waals surface area contributed by atoms with Gasteiger partial charge in [-0.25, -0.2) is 8.78 Å². The van der Waals surface area contributed by atoms with E-state index in [1.54, 1.807) is 23.1 Å². The van der Waals surface area contributed by atoms with E-state index in [1.165, 1.54) is 6.07 Å². The molecule has 0 atom stereocenters. The molecule has 0 unspecified atom stereocenters. The van der Waals surface area contributed by atoms with Gasteiger partial charge in [-0.3, -0.25) is 4.79 Å². The van der Waals surface area contributed by atoms with Gasteiger partial charge in [-0.05, 0) is 24.3 Å². The highest BCUT2D eigenvalue weighted by molar-refractivity contribution is 7.20. The second-order valence-corrected chi connectivity index (χ2v) is 8.61. The molecule has 30 heavy (non-hydrogen) atoms. The first-order valence-electron chi connectivity index (χ1n) is 9.17. The summed E-state index contributed by atoms with van der Waals surface area (Å²) in [6.07, 6.45) is 1.04. The normalized spacial score (nSPS) is 14.9. The summed E-state index contributed by atoms with van der Waals surface area (Å²) in [5.74, 6) is -1.12. The van der Waals surface area contributed by atoms with Gasteiger partial charge in [0.05, 0.1) is 9.72 Å². The fourth-order valence-corrected chi connectivity index (χ4v) is 4.56. The van der Waals surface area contributed by atoms with Crippen molar-refractivity contribution in [3.63, 3.8) is 0 Å². The van der Waals surface area contributed by atoms with Gasteiger partial charge in [-0.1, -0.05) is 34.5 Å². The van der Waals surface area contributed by atoms with E-state index in [1.807, 2.05) is 0 Å². The van der Waals surface area contributed by atoms with E-state index in [0.29, 0.717) is 51.6 Å². The summed E-state index contributed by atoms with van der Waals surface area (Å²) in [4.78, 5) is 18.2. The second kappa shape index (κ2) is 8.91. The fraction of sp³-hybridized carbons (Fsp3) is 0.300. The van der Waals surface area contributed by atoms with Crippen LogP contribution < -0.4 is 9.47 Å². The number of benzene rings is 2. The Kier molecular flexibility index (Phi) is 6.26. The number of ether oxygens (including phenoxy) is 2. The lowest BCUT2D eigenvalue weighted by Gasteiger charge is -2.31. The second-order valence-electron chi connectivity index (χ2n) is 6.78. The summed E-state index contributed by atoms with van der Waals surface area (Å²) in [5, 5.41) is 1.12. The van der Waals surface area contributed by atoms with Crippen LogP contribution in [0.5, 0.6) is 10.9 Å². The zero-order chi connectivity index (χ0) is 21.3. The molecular formula is C20H16Cl2F2N2O3S. The number of piperidine rings is 1. The predicted octanol–water partition coefficient (Wildman–Crippen LogP) is 5.33. The van der Waals surface area contributed by atoms with Gasteiger partial charge in [-0.2, -0.15) is 4.98 Å². The molecule has 1 amide bonds. The van der Waals surface area contributed by atoms with Crippen molar-refractivity contribution in [2.24, 2.45) is 0 Å². The van der Waals surface area contributed by atoms with Gasteiger partial charge >= 0.3 is 0 Å². The van der Waals surface area contributed by atoms with E-state index >= 15 is 0 Å². The van der Waals surface area contributed by atoms with Gasteiger partial charge < -0.3 is 14.4 Å². The molecule has 0 spiro atoms. The highest BCUT2D eigenvalue weighted by atomic mass is 35.5. The summed E-state index contributed by atoms with van der Waals surface area (Å²) in [6, 6.07) is 6.84. The van der Waals surface area contributed by atoms with Crippen LogP contribution in [0.3, 0.4) is 0 Å². The van der Waals surface area contributed by atoms with Crippen LogP contribution in [0, 0.1) is 11.6 Å². The number of nitrogens with zero attached hydrogens (tertiary/aromatic N) is 2. The van der Waals surface area contributed by atoms with Crippen molar-refractivity contribution in [2.75, 3.05) is 19.7 Å². The van der Waals surface area contributed by atoms with Gasteiger partial charge in [0.2, 0.25) is 0 Å². The molecule has 1 aliphatic heterocycles. The van der Waals surface area contributed by atoms with E-state index in [-0.39, 0.29) is 24.1 Å². The Labute approximate surface area is 185 Å². The molecule has 1 aromatic heterocycles. The van der Waals surface area contributed by atoms with Crippen molar-refractivity contribution in [2.45, 2.75) is 18.9 Å². The maximum Gasteiger partial charge on any atom is 0.274 e. The van der Waals surface area contributed by atoms with Crippen LogP contribution in [0.1, 0.15) is 12.8 Å². The standard InChI is InChI=1S/C20H16Cl2F2N2O3S/c21-11-1-2-16(14(22)7-11)28-10-18(27)26-5-3-13(4-6-26)29-20-25-19-15(24)8-12(23)9-17(19)30-20/h1-2,7-9,13H,3-6,10H2. The van der Waals surface area contributed by atoms with E-state index < -0.39 is 11.6 Å². The first-order valence-corrected chi connectivity index (χ1v) is 10.7. The summed E-state index contributed by atoms with van der Waals surface area (Å²) < 4.78 is 38.9. The molecule has 1 aliphatic rings. The van der Waals surface area contributed by atoms with Gasteiger partial charge in [0.25, 0.3) is 11.1 Å². The van der Waals surface area contributed by atoms with E-state index in [2.05, 4.69) is 4.98 Å². The number of thiazole rings is 1. The Morgan fingerprint density at radius 1 is 1.20 bits per heavy atom. The number of hydrogen-bond donors (Lipinski definition) is 0. The third kappa shape index (κ3) is 4.77. The molecule has 5 nitrogen and oxygen atoms in total. The minimum absolute atomic E-state index is 0.0991. The van der Waals surface area contributed by atoms with Crippen LogP contribution in [0.15, 0.2) is 30.3 Å². The van der Waals surface area contributed by atoms with Crippen molar-refractivity contribution >= 4 is 50.7 Å². The highest BCUT2D eigenvalue weighted by Gasteiger charge is 2.25. The summed E-state index contributed by atoms with van der Waals surface area (Å²) in [6.45, 7) is 0.861. The minimum Gasteiger partial charge on any atom is -0.482 e. The van der Waals surface area contributed by atoms with Crippen molar-refractivity contribution < 1.29 is 23.0 Å². The van der Waals surface area contributed by atoms with E-state index in [4.69, 9.17) is 32.7 Å². The maximum atomic E-state index is 13.8. The molecular weight excluding hydrogens is 457 g/mol. The van der Waals surface area contributed by atoms with E-state index in [0.717, 1.165) is 17.4 Å². The number of fused-ring (bicyclic) bond motifs is 1. The lowest BCUT2D eigenvalue weighted by Crippen LogP contribution is -2.43. The van der Waals surface area contributed by atoms with Crippen LogP contribution in [0.2, 0.25) is 10.0 Å². The number of aromatic nitrogens is 1. The van der Waals surface area contributed by atoms with Gasteiger partial charge in [0, 0.05) is 37.0 Å². The van der Waals surface area contributed by atoms with Gasteiger partial charge in [0.15, 0.2) is 12.4 Å². The molecule has 2 aromatic carbocycles. The molecule has 0 saturated carbocycles. The topological polar surface area (TPSA) is 51.7 Å². The molecule has 3 aromatic rings. The first-order chi connectivity index (χ1) is 14.4. The number of carbonyl (C=O) groups excluding carboxylic acids is 1. The van der Waals surface area contributed by atoms with Crippen LogP contribution in [0.25, 0.3) is 10.2 Å². The Hall–Kier alpha value is -2.16. The molecule has 0 bridgehead atoms. The Morgan fingerprint density at radius 3 is 2.70 bits per heavy atom. The molecule has 4 rings (SSSR count). The SMILES string of the molecule is O=C(COc1ccc(Cl)cc1Cl)N1CCC(Oc2nc3c(F)cc(F)cc3s2)CC1. The Balaban J connectivity index is 1.29. The van der Waals surface area contributed by atoms with Crippen LogP contribution in [-0.4, -0.2) is 41.6 Å². The highest BCUT2D eigenvalue weighted by Crippen LogP contribution is 2.32. The van der Waals surface area contributed by atoms with Crippen molar-refractivity contribution in [1.29, 1.82) is 0 Å². The number of likely N-dealkylation sites (tertiary alicyclic amines) is 1. The lowest BCUT2D eigenvalue weighted by atomic mass is 10.1. The number of rotatable bonds is 5. The average molecular weight is 473 g/mol. The number of hydrogen-bond acceptors (Lipinski definition) is 5. The molecule has 1 fully saturated rings. The Bertz CT molecular complexity index is 1090. The van der Waals surface area contributed by atoms with E-state index in [9.17, 15) is 13.6 Å². The van der Waals surface area contributed by atoms with Crippen LogP contribution in [0.4, 0.5) is 8.78 Å².